The fraction of sp³-hybridized carbons (Fsp3) is 0. The highest BCUT2D eigenvalue weighted by Gasteiger charge is 2.20. The van der Waals surface area contributed by atoms with Crippen molar-refractivity contribution in [3.63, 3.8) is 0 Å². The molecule has 0 fully saturated rings. The average Bonchev–Trinajstić information content (AvgIpc) is 3.77. The van der Waals surface area contributed by atoms with Crippen molar-refractivity contribution in [2.24, 2.45) is 0 Å². The second-order valence-electron chi connectivity index (χ2n) is 12.4. The van der Waals surface area contributed by atoms with Crippen molar-refractivity contribution in [3.8, 4) is 56.2 Å². The predicted octanol–water partition coefficient (Wildman–Crippen LogP) is 12.0. The molecule has 0 atom stereocenters. The molecule has 0 aliphatic carbocycles. The van der Waals surface area contributed by atoms with Crippen LogP contribution in [0.1, 0.15) is 0 Å². The van der Waals surface area contributed by atoms with E-state index in [4.69, 9.17) is 18.8 Å². The Morgan fingerprint density at radius 3 is 1.82 bits per heavy atom. The molecule has 4 aromatic heterocycles. The van der Waals surface area contributed by atoms with Crippen molar-refractivity contribution in [1.29, 1.82) is 0 Å². The van der Waals surface area contributed by atoms with Crippen LogP contribution < -0.4 is 0 Å². The van der Waals surface area contributed by atoms with Gasteiger partial charge in [-0.25, -0.2) is 9.97 Å². The minimum absolute atomic E-state index is 0.657. The number of nitrogens with zero attached hydrogens (tertiary/aromatic N) is 3. The number of fused-ring (bicyclic) bond motifs is 6. The molecule has 5 nitrogen and oxygen atoms in total. The molecule has 5 heteroatoms. The first-order chi connectivity index (χ1) is 24.8. The van der Waals surface area contributed by atoms with Crippen LogP contribution in [0.4, 0.5) is 0 Å². The van der Waals surface area contributed by atoms with Gasteiger partial charge in [-0.15, -0.1) is 0 Å². The first-order valence-electron chi connectivity index (χ1n) is 16.6. The van der Waals surface area contributed by atoms with Crippen LogP contribution in [0.2, 0.25) is 0 Å². The molecule has 0 unspecified atom stereocenters. The number of furan rings is 2. The number of hydrogen-bond donors (Lipinski definition) is 0. The summed E-state index contributed by atoms with van der Waals surface area (Å²) in [5, 5.41) is 4.23. The summed E-state index contributed by atoms with van der Waals surface area (Å²) in [4.78, 5) is 14.5. The van der Waals surface area contributed by atoms with Gasteiger partial charge in [-0.2, -0.15) is 0 Å². The van der Waals surface area contributed by atoms with E-state index in [2.05, 4.69) is 96.0 Å². The molecular weight excluding hydrogens is 615 g/mol. The van der Waals surface area contributed by atoms with E-state index in [9.17, 15) is 0 Å². The molecule has 0 spiro atoms. The van der Waals surface area contributed by atoms with Crippen molar-refractivity contribution < 1.29 is 8.83 Å². The van der Waals surface area contributed by atoms with E-state index in [1.807, 2.05) is 73.1 Å². The van der Waals surface area contributed by atoms with E-state index in [1.165, 1.54) is 0 Å². The Bertz CT molecular complexity index is 2850. The lowest BCUT2D eigenvalue weighted by molar-refractivity contribution is 0.668. The Hall–Kier alpha value is -6.85. The van der Waals surface area contributed by atoms with E-state index in [0.29, 0.717) is 5.82 Å². The molecule has 234 valence electrons. The molecule has 10 aromatic rings. The van der Waals surface area contributed by atoms with Gasteiger partial charge in [0.2, 0.25) is 0 Å². The van der Waals surface area contributed by atoms with Crippen LogP contribution in [-0.2, 0) is 0 Å². The second kappa shape index (κ2) is 11.4. The highest BCUT2D eigenvalue weighted by atomic mass is 16.3. The summed E-state index contributed by atoms with van der Waals surface area (Å²) >= 11 is 0. The maximum Gasteiger partial charge on any atom is 0.160 e. The molecule has 0 N–H and O–H groups in total. The molecule has 6 aromatic carbocycles. The number of pyridine rings is 1. The Kier molecular flexibility index (Phi) is 6.42. The Balaban J connectivity index is 1.18. The highest BCUT2D eigenvalue weighted by molar-refractivity contribution is 6.17. The first kappa shape index (κ1) is 28.2. The van der Waals surface area contributed by atoms with Gasteiger partial charge in [-0.05, 0) is 65.2 Å². The van der Waals surface area contributed by atoms with E-state index < -0.39 is 0 Å². The number of hydrogen-bond acceptors (Lipinski definition) is 5. The highest BCUT2D eigenvalue weighted by Crippen LogP contribution is 2.43. The SMILES string of the molecule is c1ccc(-c2cc(-c3ccc(-c4ccc5oc6ccccc6c5c4)c4oc5ccccc5c34)nc(-c3ccc(-c4ccncc4)cc3)n2)cc1. The zero-order valence-electron chi connectivity index (χ0n) is 26.7. The normalized spacial score (nSPS) is 11.6. The third-order valence-corrected chi connectivity index (χ3v) is 9.44. The molecule has 50 heavy (non-hydrogen) atoms. The van der Waals surface area contributed by atoms with Crippen molar-refractivity contribution in [2.45, 2.75) is 0 Å². The van der Waals surface area contributed by atoms with E-state index in [0.717, 1.165) is 94.2 Å². The Labute approximate surface area is 287 Å². The molecule has 0 radical (unpaired) electrons. The maximum absolute atomic E-state index is 6.69. The number of aromatic nitrogens is 3. The van der Waals surface area contributed by atoms with Crippen molar-refractivity contribution >= 4 is 43.9 Å². The minimum Gasteiger partial charge on any atom is -0.456 e. The fourth-order valence-corrected chi connectivity index (χ4v) is 6.99. The summed E-state index contributed by atoms with van der Waals surface area (Å²) in [5.74, 6) is 0.657. The van der Waals surface area contributed by atoms with E-state index >= 15 is 0 Å². The molecule has 10 rings (SSSR count). The summed E-state index contributed by atoms with van der Waals surface area (Å²) in [6, 6.07) is 51.9. The summed E-state index contributed by atoms with van der Waals surface area (Å²) in [6.07, 6.45) is 3.62. The molecular formula is C45H27N3O2. The second-order valence-corrected chi connectivity index (χ2v) is 12.4. The molecule has 4 heterocycles. The largest absolute Gasteiger partial charge is 0.456 e. The van der Waals surface area contributed by atoms with Crippen LogP contribution in [0.5, 0.6) is 0 Å². The van der Waals surface area contributed by atoms with Crippen molar-refractivity contribution in [3.05, 3.63) is 164 Å². The van der Waals surface area contributed by atoms with Gasteiger partial charge < -0.3 is 8.83 Å². The van der Waals surface area contributed by atoms with Crippen LogP contribution in [0.25, 0.3) is 100 Å². The summed E-state index contributed by atoms with van der Waals surface area (Å²) < 4.78 is 12.8. The molecule has 0 bridgehead atoms. The van der Waals surface area contributed by atoms with Gasteiger partial charge in [0, 0.05) is 56.2 Å². The van der Waals surface area contributed by atoms with Gasteiger partial charge in [0.25, 0.3) is 0 Å². The molecule has 0 aliphatic rings. The smallest absolute Gasteiger partial charge is 0.160 e. The quantitative estimate of drug-likeness (QED) is 0.187. The zero-order valence-corrected chi connectivity index (χ0v) is 26.7. The van der Waals surface area contributed by atoms with Gasteiger partial charge in [-0.1, -0.05) is 103 Å². The average molecular weight is 642 g/mol. The topological polar surface area (TPSA) is 65.0 Å². The van der Waals surface area contributed by atoms with Crippen LogP contribution in [0.3, 0.4) is 0 Å². The molecule has 0 saturated heterocycles. The van der Waals surface area contributed by atoms with Gasteiger partial charge in [-0.3, -0.25) is 4.98 Å². The summed E-state index contributed by atoms with van der Waals surface area (Å²) in [7, 11) is 0. The van der Waals surface area contributed by atoms with E-state index in [-0.39, 0.29) is 0 Å². The third-order valence-electron chi connectivity index (χ3n) is 9.44. The fourth-order valence-electron chi connectivity index (χ4n) is 6.99. The van der Waals surface area contributed by atoms with Gasteiger partial charge >= 0.3 is 0 Å². The van der Waals surface area contributed by atoms with Crippen molar-refractivity contribution in [1.82, 2.24) is 15.0 Å². The van der Waals surface area contributed by atoms with Crippen LogP contribution in [0, 0.1) is 0 Å². The zero-order chi connectivity index (χ0) is 33.0. The number of benzene rings is 6. The van der Waals surface area contributed by atoms with Crippen LogP contribution >= 0.6 is 0 Å². The standard InChI is InChI=1S/C45H27N3O2/c1-2-8-30(9-3-1)38-27-39(48-45(47-38)31-16-14-28(15-17-31)29-22-24-46-25-23-29)35-20-19-33(44-43(35)36-11-5-7-13-41(36)50-44)32-18-21-42-37(26-32)34-10-4-6-12-40(34)49-42/h1-27H. The van der Waals surface area contributed by atoms with Crippen LogP contribution in [-0.4, -0.2) is 15.0 Å². The van der Waals surface area contributed by atoms with Crippen molar-refractivity contribution in [2.75, 3.05) is 0 Å². The molecule has 0 amide bonds. The third kappa shape index (κ3) is 4.67. The Morgan fingerprint density at radius 2 is 1.00 bits per heavy atom. The summed E-state index contributed by atoms with van der Waals surface area (Å²) in [6.45, 7) is 0. The monoisotopic (exact) mass is 641 g/mol. The lowest BCUT2D eigenvalue weighted by Crippen LogP contribution is -1.96. The van der Waals surface area contributed by atoms with E-state index in [1.54, 1.807) is 0 Å². The van der Waals surface area contributed by atoms with Gasteiger partial charge in [0.15, 0.2) is 5.82 Å². The first-order valence-corrected chi connectivity index (χ1v) is 16.6. The van der Waals surface area contributed by atoms with Gasteiger partial charge in [0.05, 0.1) is 11.4 Å². The molecule has 0 aliphatic heterocycles. The molecule has 0 saturated carbocycles. The summed E-state index contributed by atoms with van der Waals surface area (Å²) in [5.41, 5.74) is 12.3. The number of rotatable bonds is 5. The Morgan fingerprint density at radius 1 is 0.380 bits per heavy atom. The number of para-hydroxylation sites is 2. The maximum atomic E-state index is 6.69. The lowest BCUT2D eigenvalue weighted by atomic mass is 9.95. The lowest BCUT2D eigenvalue weighted by Gasteiger charge is -2.12. The minimum atomic E-state index is 0.657. The predicted molar refractivity (Wildman–Crippen MR) is 202 cm³/mol. The van der Waals surface area contributed by atoms with Crippen LogP contribution in [0.15, 0.2) is 173 Å². The van der Waals surface area contributed by atoms with Gasteiger partial charge in [0.1, 0.15) is 22.3 Å².